The predicted octanol–water partition coefficient (Wildman–Crippen LogP) is 1.68. The Bertz CT molecular complexity index is 357. The maximum Gasteiger partial charge on any atom is 0.317 e. The third kappa shape index (κ3) is 3.01. The van der Waals surface area contributed by atoms with Gasteiger partial charge in [-0.2, -0.15) is 0 Å². The summed E-state index contributed by atoms with van der Waals surface area (Å²) in [5.41, 5.74) is 0. The van der Waals surface area contributed by atoms with Crippen LogP contribution in [-0.2, 0) is 4.79 Å². The van der Waals surface area contributed by atoms with Gasteiger partial charge in [0.05, 0.1) is 5.92 Å². The molecule has 0 atom stereocenters. The second kappa shape index (κ2) is 5.02. The van der Waals surface area contributed by atoms with Crippen molar-refractivity contribution in [2.75, 3.05) is 13.1 Å². The number of nitrogens with zero attached hydrogens (tertiary/aromatic N) is 1. The molecule has 0 spiro atoms. The van der Waals surface area contributed by atoms with E-state index in [-0.39, 0.29) is 11.9 Å². The second-order valence-electron chi connectivity index (χ2n) is 6.25. The molecule has 2 saturated carbocycles. The summed E-state index contributed by atoms with van der Waals surface area (Å²) in [7, 11) is 0. The summed E-state index contributed by atoms with van der Waals surface area (Å²) in [5, 5.41) is 12.1. The van der Waals surface area contributed by atoms with Crippen molar-refractivity contribution >= 4 is 12.0 Å². The summed E-state index contributed by atoms with van der Waals surface area (Å²) in [5.74, 6) is 0.404. The zero-order valence-electron chi connectivity index (χ0n) is 11.2. The third-order valence-electron chi connectivity index (χ3n) is 4.68. The molecule has 0 aromatic heterocycles. The molecule has 2 amide bonds. The van der Waals surface area contributed by atoms with Gasteiger partial charge in [0, 0.05) is 19.1 Å². The molecule has 1 saturated heterocycles. The molecule has 2 aliphatic carbocycles. The van der Waals surface area contributed by atoms with E-state index in [1.165, 1.54) is 25.7 Å². The minimum absolute atomic E-state index is 0.0210. The van der Waals surface area contributed by atoms with E-state index >= 15 is 0 Å². The number of carboxylic acid groups (broad SMARTS) is 1. The molecule has 5 heteroatoms. The number of aliphatic carboxylic acids is 1. The normalized spacial score (nSPS) is 24.6. The van der Waals surface area contributed by atoms with Gasteiger partial charge in [-0.3, -0.25) is 4.79 Å². The number of hydrogen-bond acceptors (Lipinski definition) is 2. The molecule has 19 heavy (non-hydrogen) atoms. The number of carbonyl (C=O) groups excluding carboxylic acids is 1. The van der Waals surface area contributed by atoms with Crippen molar-refractivity contribution in [1.82, 2.24) is 10.2 Å². The Hall–Kier alpha value is -1.26. The van der Waals surface area contributed by atoms with Gasteiger partial charge in [0.25, 0.3) is 0 Å². The Morgan fingerprint density at radius 1 is 1.00 bits per heavy atom. The highest BCUT2D eigenvalue weighted by Gasteiger charge is 2.42. The first-order chi connectivity index (χ1) is 9.15. The number of piperidine rings is 1. The summed E-state index contributed by atoms with van der Waals surface area (Å²) >= 11 is 0. The number of likely N-dealkylation sites (tertiary alicyclic amines) is 1. The highest BCUT2D eigenvalue weighted by molar-refractivity contribution is 5.75. The summed E-state index contributed by atoms with van der Waals surface area (Å²) in [6.07, 6.45) is 6.18. The van der Waals surface area contributed by atoms with Crippen LogP contribution < -0.4 is 5.32 Å². The largest absolute Gasteiger partial charge is 0.481 e. The molecule has 1 heterocycles. The van der Waals surface area contributed by atoms with Crippen LogP contribution in [0.25, 0.3) is 0 Å². The Labute approximate surface area is 113 Å². The minimum Gasteiger partial charge on any atom is -0.481 e. The first-order valence-corrected chi connectivity index (χ1v) is 7.43. The number of nitrogens with one attached hydrogen (secondary N) is 1. The maximum atomic E-state index is 12.2. The molecule has 3 fully saturated rings. The number of urea groups is 1. The lowest BCUT2D eigenvalue weighted by molar-refractivity contribution is -0.143. The summed E-state index contributed by atoms with van der Waals surface area (Å²) in [6, 6.07) is 0.400. The number of carboxylic acids is 1. The molecule has 3 aliphatic rings. The predicted molar refractivity (Wildman–Crippen MR) is 69.7 cm³/mol. The average Bonchev–Trinajstić information content (AvgIpc) is 3.29. The van der Waals surface area contributed by atoms with Crippen LogP contribution in [0.1, 0.15) is 38.5 Å². The molecule has 0 bridgehead atoms. The van der Waals surface area contributed by atoms with E-state index in [0.717, 1.165) is 0 Å². The number of hydrogen-bond donors (Lipinski definition) is 2. The smallest absolute Gasteiger partial charge is 0.317 e. The molecule has 0 aromatic carbocycles. The molecule has 0 aromatic rings. The van der Waals surface area contributed by atoms with E-state index in [1.54, 1.807) is 4.90 Å². The average molecular weight is 266 g/mol. The zero-order valence-corrected chi connectivity index (χ0v) is 11.2. The van der Waals surface area contributed by atoms with Gasteiger partial charge < -0.3 is 15.3 Å². The van der Waals surface area contributed by atoms with Crippen LogP contribution in [0.15, 0.2) is 0 Å². The van der Waals surface area contributed by atoms with Crippen molar-refractivity contribution in [1.29, 1.82) is 0 Å². The van der Waals surface area contributed by atoms with Crippen molar-refractivity contribution in [2.45, 2.75) is 44.6 Å². The van der Waals surface area contributed by atoms with Gasteiger partial charge in [-0.25, -0.2) is 4.79 Å². The van der Waals surface area contributed by atoms with E-state index < -0.39 is 5.97 Å². The number of amides is 2. The summed E-state index contributed by atoms with van der Waals surface area (Å²) in [6.45, 7) is 1.15. The Morgan fingerprint density at radius 2 is 1.53 bits per heavy atom. The Kier molecular flexibility index (Phi) is 3.37. The van der Waals surface area contributed by atoms with Crippen LogP contribution in [-0.4, -0.2) is 41.1 Å². The lowest BCUT2D eigenvalue weighted by Gasteiger charge is -2.32. The van der Waals surface area contributed by atoms with Crippen LogP contribution in [0, 0.1) is 17.8 Å². The van der Waals surface area contributed by atoms with Gasteiger partial charge in [-0.05, 0) is 50.4 Å². The van der Waals surface area contributed by atoms with Crippen molar-refractivity contribution in [3.8, 4) is 0 Å². The fraction of sp³-hybridized carbons (Fsp3) is 0.857. The van der Waals surface area contributed by atoms with Crippen molar-refractivity contribution in [2.24, 2.45) is 17.8 Å². The van der Waals surface area contributed by atoms with Gasteiger partial charge in [-0.15, -0.1) is 0 Å². The van der Waals surface area contributed by atoms with Gasteiger partial charge in [-0.1, -0.05) is 0 Å². The molecule has 0 radical (unpaired) electrons. The fourth-order valence-electron chi connectivity index (χ4n) is 3.09. The molecular formula is C14H22N2O3. The SMILES string of the molecule is O=C(O)C1CCN(C(=O)NC(C2CC2)C2CC2)CC1. The van der Waals surface area contributed by atoms with Crippen molar-refractivity contribution in [3.63, 3.8) is 0 Å². The van der Waals surface area contributed by atoms with Crippen molar-refractivity contribution in [3.05, 3.63) is 0 Å². The van der Waals surface area contributed by atoms with Gasteiger partial charge >= 0.3 is 12.0 Å². The standard InChI is InChI=1S/C14H22N2O3/c17-13(18)11-5-7-16(8-6-11)14(19)15-12(9-1-2-9)10-3-4-10/h9-12H,1-8H2,(H,15,19)(H,17,18). The molecule has 0 unspecified atom stereocenters. The Balaban J connectivity index is 1.49. The molecular weight excluding hydrogens is 244 g/mol. The highest BCUT2D eigenvalue weighted by atomic mass is 16.4. The van der Waals surface area contributed by atoms with E-state index in [9.17, 15) is 9.59 Å². The van der Waals surface area contributed by atoms with Gasteiger partial charge in [0.1, 0.15) is 0 Å². The molecule has 3 rings (SSSR count). The monoisotopic (exact) mass is 266 g/mol. The summed E-state index contributed by atoms with van der Waals surface area (Å²) < 4.78 is 0. The Morgan fingerprint density at radius 3 is 1.95 bits per heavy atom. The lowest BCUT2D eigenvalue weighted by Crippen LogP contribution is -2.49. The van der Waals surface area contributed by atoms with Crippen LogP contribution in [0.2, 0.25) is 0 Å². The maximum absolute atomic E-state index is 12.2. The lowest BCUT2D eigenvalue weighted by atomic mass is 9.97. The van der Waals surface area contributed by atoms with E-state index in [1.807, 2.05) is 0 Å². The highest BCUT2D eigenvalue weighted by Crippen LogP contribution is 2.44. The zero-order chi connectivity index (χ0) is 13.4. The first kappa shape index (κ1) is 12.8. The third-order valence-corrected chi connectivity index (χ3v) is 4.68. The first-order valence-electron chi connectivity index (χ1n) is 7.43. The molecule has 1 aliphatic heterocycles. The molecule has 5 nitrogen and oxygen atoms in total. The van der Waals surface area contributed by atoms with E-state index in [0.29, 0.717) is 43.8 Å². The van der Waals surface area contributed by atoms with Gasteiger partial charge in [0.2, 0.25) is 0 Å². The topological polar surface area (TPSA) is 69.6 Å². The second-order valence-corrected chi connectivity index (χ2v) is 6.25. The number of carbonyl (C=O) groups is 2. The van der Waals surface area contributed by atoms with Crippen LogP contribution in [0.5, 0.6) is 0 Å². The summed E-state index contributed by atoms with van der Waals surface area (Å²) in [4.78, 5) is 24.9. The van der Waals surface area contributed by atoms with Crippen LogP contribution >= 0.6 is 0 Å². The van der Waals surface area contributed by atoms with Crippen LogP contribution in [0.4, 0.5) is 4.79 Å². The van der Waals surface area contributed by atoms with Crippen LogP contribution in [0.3, 0.4) is 0 Å². The fourth-order valence-corrected chi connectivity index (χ4v) is 3.09. The number of rotatable bonds is 4. The van der Waals surface area contributed by atoms with Crippen molar-refractivity contribution < 1.29 is 14.7 Å². The van der Waals surface area contributed by atoms with E-state index in [2.05, 4.69) is 5.32 Å². The van der Waals surface area contributed by atoms with E-state index in [4.69, 9.17) is 5.11 Å². The molecule has 106 valence electrons. The quantitative estimate of drug-likeness (QED) is 0.813. The molecule has 2 N–H and O–H groups in total. The minimum atomic E-state index is -0.728. The van der Waals surface area contributed by atoms with Gasteiger partial charge in [0.15, 0.2) is 0 Å².